The molecule has 0 saturated carbocycles. The van der Waals surface area contributed by atoms with Crippen molar-refractivity contribution in [1.29, 1.82) is 0 Å². The van der Waals surface area contributed by atoms with Crippen LogP contribution >= 0.6 is 11.6 Å². The van der Waals surface area contributed by atoms with Crippen molar-refractivity contribution in [3.05, 3.63) is 36.4 Å². The average Bonchev–Trinajstić information content (AvgIpc) is 2.47. The molecule has 5 nitrogen and oxygen atoms in total. The van der Waals surface area contributed by atoms with Gasteiger partial charge in [-0.2, -0.15) is 0 Å². The van der Waals surface area contributed by atoms with Gasteiger partial charge in [0.25, 0.3) is 0 Å². The summed E-state index contributed by atoms with van der Waals surface area (Å²) in [6.45, 7) is 3.23. The monoisotopic (exact) mass is 301 g/mol. The van der Waals surface area contributed by atoms with Crippen LogP contribution in [0.25, 0.3) is 0 Å². The molecule has 6 heteroatoms. The molecule has 0 fully saturated rings. The summed E-state index contributed by atoms with van der Waals surface area (Å²) in [5.74, 6) is -2.15. The summed E-state index contributed by atoms with van der Waals surface area (Å²) in [6.07, 6.45) is 0. The lowest BCUT2D eigenvalue weighted by Crippen LogP contribution is -2.60. The Hall–Kier alpha value is -1.59. The molecule has 0 aliphatic heterocycles. The minimum Gasteiger partial charge on any atom is -0.467 e. The predicted octanol–water partition coefficient (Wildman–Crippen LogP) is 1.94. The Kier molecular flexibility index (Phi) is 8.59. The molecule has 1 aromatic carbocycles. The van der Waals surface area contributed by atoms with Crippen molar-refractivity contribution in [2.24, 2.45) is 11.7 Å². The van der Waals surface area contributed by atoms with E-state index in [-0.39, 0.29) is 6.07 Å². The van der Waals surface area contributed by atoms with Gasteiger partial charge in [0.15, 0.2) is 6.07 Å². The molecule has 1 atom stereocenters. The number of carbonyl (C=O) groups is 2. The van der Waals surface area contributed by atoms with Crippen molar-refractivity contribution in [3.63, 3.8) is 0 Å². The molecule has 2 N–H and O–H groups in total. The molecule has 20 heavy (non-hydrogen) atoms. The number of hydrogen-bond donors (Lipinski definition) is 1. The molecule has 112 valence electrons. The number of benzene rings is 1. The fourth-order valence-electron chi connectivity index (χ4n) is 1.28. The van der Waals surface area contributed by atoms with Gasteiger partial charge in [0.2, 0.25) is 5.54 Å². The first kappa shape index (κ1) is 18.4. The molecule has 1 rings (SSSR count). The molecule has 1 aromatic rings. The number of methoxy groups -OCH3 is 1. The Labute approximate surface area is 124 Å². The third-order valence-electron chi connectivity index (χ3n) is 2.62. The maximum absolute atomic E-state index is 11.4. The van der Waals surface area contributed by atoms with Gasteiger partial charge in [0.05, 0.1) is 7.11 Å². The largest absolute Gasteiger partial charge is 0.467 e. The normalized spacial score (nSPS) is 12.7. The van der Waals surface area contributed by atoms with Crippen LogP contribution in [0.4, 0.5) is 0 Å². The molecule has 0 radical (unpaired) electrons. The van der Waals surface area contributed by atoms with Crippen LogP contribution in [0.15, 0.2) is 36.4 Å². The Balaban J connectivity index is 0.000000493. The van der Waals surface area contributed by atoms with Crippen molar-refractivity contribution in [2.45, 2.75) is 19.4 Å². The number of carbonyl (C=O) groups excluding carboxylic acids is 2. The van der Waals surface area contributed by atoms with Crippen LogP contribution in [0, 0.1) is 5.92 Å². The lowest BCUT2D eigenvalue weighted by Gasteiger charge is -2.27. The second kappa shape index (κ2) is 9.34. The van der Waals surface area contributed by atoms with Gasteiger partial charge in [0, 0.05) is 0 Å². The molecule has 1 unspecified atom stereocenters. The number of alkyl halides is 1. The fraction of sp³-hybridized carbons (Fsp3) is 0.429. The van der Waals surface area contributed by atoms with Gasteiger partial charge in [0.1, 0.15) is 0 Å². The summed E-state index contributed by atoms with van der Waals surface area (Å²) in [5.41, 5.74) is 3.83. The highest BCUT2D eigenvalue weighted by molar-refractivity contribution is 6.18. The van der Waals surface area contributed by atoms with E-state index >= 15 is 0 Å². The number of esters is 2. The Morgan fingerprint density at radius 1 is 1.10 bits per heavy atom. The van der Waals surface area contributed by atoms with Crippen molar-refractivity contribution < 1.29 is 19.1 Å². The zero-order chi connectivity index (χ0) is 15.6. The molecular weight excluding hydrogens is 282 g/mol. The second-order valence-corrected chi connectivity index (χ2v) is 4.43. The van der Waals surface area contributed by atoms with E-state index in [4.69, 9.17) is 17.3 Å². The predicted molar refractivity (Wildman–Crippen MR) is 77.0 cm³/mol. The van der Waals surface area contributed by atoms with E-state index in [0.717, 1.165) is 7.11 Å². The smallest absolute Gasteiger partial charge is 0.339 e. The van der Waals surface area contributed by atoms with Gasteiger partial charge in [-0.3, -0.25) is 0 Å². The van der Waals surface area contributed by atoms with Gasteiger partial charge in [-0.1, -0.05) is 61.8 Å². The molecule has 0 spiro atoms. The third kappa shape index (κ3) is 5.19. The molecular formula is C14H20ClNO4. The van der Waals surface area contributed by atoms with Crippen LogP contribution in [0.3, 0.4) is 0 Å². The number of hydrogen-bond acceptors (Lipinski definition) is 5. The van der Waals surface area contributed by atoms with Gasteiger partial charge in [-0.15, -0.1) is 0 Å². The van der Waals surface area contributed by atoms with E-state index in [0.29, 0.717) is 0 Å². The summed E-state index contributed by atoms with van der Waals surface area (Å²) in [4.78, 5) is 22.7. The summed E-state index contributed by atoms with van der Waals surface area (Å²) in [5, 5.41) is 0. The summed E-state index contributed by atoms with van der Waals surface area (Å²) in [6, 6.07) is 11.7. The van der Waals surface area contributed by atoms with Crippen LogP contribution in [0.5, 0.6) is 0 Å². The van der Waals surface area contributed by atoms with E-state index in [9.17, 15) is 9.59 Å². The first-order chi connectivity index (χ1) is 9.41. The van der Waals surface area contributed by atoms with Crippen LogP contribution in [-0.2, 0) is 19.1 Å². The van der Waals surface area contributed by atoms with Crippen molar-refractivity contribution in [3.8, 4) is 0 Å². The van der Waals surface area contributed by atoms with E-state index in [1.807, 2.05) is 36.4 Å². The molecule has 0 aromatic heterocycles. The highest BCUT2D eigenvalue weighted by Gasteiger charge is 2.47. The van der Waals surface area contributed by atoms with Crippen LogP contribution in [0.1, 0.15) is 13.8 Å². The lowest BCUT2D eigenvalue weighted by atomic mass is 9.87. The number of nitrogens with two attached hydrogens (primary N) is 1. The molecule has 0 heterocycles. The van der Waals surface area contributed by atoms with E-state index < -0.39 is 23.4 Å². The topological polar surface area (TPSA) is 78.6 Å². The first-order valence-electron chi connectivity index (χ1n) is 6.01. The van der Waals surface area contributed by atoms with Gasteiger partial charge < -0.3 is 15.2 Å². The first-order valence-corrected chi connectivity index (χ1v) is 6.55. The minimum atomic E-state index is -1.79. The highest BCUT2D eigenvalue weighted by Crippen LogP contribution is 2.17. The van der Waals surface area contributed by atoms with E-state index in [1.54, 1.807) is 13.8 Å². The molecule has 0 amide bonds. The molecule has 0 aliphatic rings. The Morgan fingerprint density at radius 2 is 1.50 bits per heavy atom. The average molecular weight is 302 g/mol. The maximum Gasteiger partial charge on any atom is 0.339 e. The van der Waals surface area contributed by atoms with Crippen LogP contribution in [-0.4, -0.2) is 30.7 Å². The molecule has 0 aliphatic carbocycles. The lowest BCUT2D eigenvalue weighted by molar-refractivity contribution is -0.164. The van der Waals surface area contributed by atoms with E-state index in [2.05, 4.69) is 9.47 Å². The van der Waals surface area contributed by atoms with Crippen molar-refractivity contribution in [1.82, 2.24) is 0 Å². The maximum atomic E-state index is 11.4. The fourth-order valence-corrected chi connectivity index (χ4v) is 1.38. The third-order valence-corrected chi connectivity index (χ3v) is 2.73. The standard InChI is InChI=1S/C8H14ClNO4.C6H6/c1-5(2)8(10,6(11)13-3)7(12)14-4-9;1-2-4-6-5-3-1/h5H,4,10H2,1-3H3;1-6H. The summed E-state index contributed by atoms with van der Waals surface area (Å²) < 4.78 is 8.93. The van der Waals surface area contributed by atoms with Crippen molar-refractivity contribution in [2.75, 3.05) is 13.2 Å². The minimum absolute atomic E-state index is 0.346. The molecule has 0 saturated heterocycles. The number of ether oxygens (including phenoxy) is 2. The quantitative estimate of drug-likeness (QED) is 0.522. The zero-order valence-electron chi connectivity index (χ0n) is 11.8. The van der Waals surface area contributed by atoms with Crippen molar-refractivity contribution >= 4 is 23.5 Å². The second-order valence-electron chi connectivity index (χ2n) is 4.21. The number of halogens is 1. The summed E-state index contributed by atoms with van der Waals surface area (Å²) >= 11 is 5.20. The van der Waals surface area contributed by atoms with Gasteiger partial charge in [-0.05, 0) is 5.92 Å². The van der Waals surface area contributed by atoms with Gasteiger partial charge in [-0.25, -0.2) is 9.59 Å². The Morgan fingerprint density at radius 3 is 1.75 bits per heavy atom. The number of rotatable bonds is 4. The molecule has 0 bridgehead atoms. The SMILES string of the molecule is COC(=O)C(N)(C(=O)OCCl)C(C)C.c1ccccc1. The van der Waals surface area contributed by atoms with Gasteiger partial charge >= 0.3 is 11.9 Å². The van der Waals surface area contributed by atoms with E-state index in [1.165, 1.54) is 0 Å². The van der Waals surface area contributed by atoms with Crippen LogP contribution in [0.2, 0.25) is 0 Å². The summed E-state index contributed by atoms with van der Waals surface area (Å²) in [7, 11) is 1.15. The highest BCUT2D eigenvalue weighted by atomic mass is 35.5. The van der Waals surface area contributed by atoms with Crippen LogP contribution < -0.4 is 5.73 Å². The zero-order valence-corrected chi connectivity index (χ0v) is 12.6. The Bertz CT molecular complexity index is 384.